The summed E-state index contributed by atoms with van der Waals surface area (Å²) in [6.45, 7) is 0.145. The van der Waals surface area contributed by atoms with E-state index in [-0.39, 0.29) is 29.3 Å². The van der Waals surface area contributed by atoms with Gasteiger partial charge in [-0.15, -0.1) is 0 Å². The Kier molecular flexibility index (Phi) is 4.41. The van der Waals surface area contributed by atoms with E-state index in [1.54, 1.807) is 0 Å². The molecule has 31 heavy (non-hydrogen) atoms. The van der Waals surface area contributed by atoms with Crippen LogP contribution >= 0.6 is 0 Å². The van der Waals surface area contributed by atoms with Crippen molar-refractivity contribution in [3.63, 3.8) is 0 Å². The summed E-state index contributed by atoms with van der Waals surface area (Å²) in [7, 11) is 1.36. The van der Waals surface area contributed by atoms with E-state index in [4.69, 9.17) is 13.6 Å². The van der Waals surface area contributed by atoms with E-state index in [9.17, 15) is 18.0 Å². The highest BCUT2D eigenvalue weighted by atomic mass is 19.3. The number of imidazole rings is 1. The predicted octanol–water partition coefficient (Wildman–Crippen LogP) is 3.41. The number of fused-ring (bicyclic) bond motifs is 2. The number of H-pyrrole nitrogens is 1. The van der Waals surface area contributed by atoms with E-state index < -0.39 is 35.6 Å². The van der Waals surface area contributed by atoms with Crippen LogP contribution in [0.1, 0.15) is 46.0 Å². The number of carbonyl (C=O) groups is 1. The van der Waals surface area contributed by atoms with Crippen molar-refractivity contribution in [3.8, 4) is 5.75 Å². The topological polar surface area (TPSA) is 110 Å². The fourth-order valence-electron chi connectivity index (χ4n) is 3.70. The second-order valence-corrected chi connectivity index (χ2v) is 6.79. The molecule has 1 aromatic carbocycles. The minimum absolute atomic E-state index is 0.0263. The molecular weight excluding hydrogens is 419 g/mol. The average molecular weight is 433 g/mol. The third-order valence-electron chi connectivity index (χ3n) is 5.07. The maximum absolute atomic E-state index is 13.9. The molecule has 0 spiro atoms. The zero-order chi connectivity index (χ0) is 21.7. The average Bonchev–Trinajstić information content (AvgIpc) is 3.49. The number of rotatable bonds is 4. The lowest BCUT2D eigenvalue weighted by Gasteiger charge is -2.32. The number of oxazole rings is 2. The van der Waals surface area contributed by atoms with Gasteiger partial charge in [0.2, 0.25) is 11.7 Å². The van der Waals surface area contributed by atoms with Crippen molar-refractivity contribution in [3.05, 3.63) is 59.4 Å². The van der Waals surface area contributed by atoms with Gasteiger partial charge in [-0.3, -0.25) is 4.79 Å². The number of aromatic amines is 1. The fraction of sp³-hybridized carbons (Fsp3) is 0.263. The largest absolute Gasteiger partial charge is 0.493 e. The highest BCUT2D eigenvalue weighted by molar-refractivity contribution is 5.93. The van der Waals surface area contributed by atoms with Crippen LogP contribution in [0.3, 0.4) is 0 Å². The Morgan fingerprint density at radius 3 is 2.97 bits per heavy atom. The van der Waals surface area contributed by atoms with Crippen molar-refractivity contribution in [2.75, 3.05) is 13.7 Å². The molecule has 0 saturated carbocycles. The molecule has 1 N–H and O–H groups in total. The lowest BCUT2D eigenvalue weighted by molar-refractivity contribution is 0.0620. The van der Waals surface area contributed by atoms with Crippen LogP contribution in [0.15, 0.2) is 33.7 Å². The summed E-state index contributed by atoms with van der Waals surface area (Å²) in [5.41, 5.74) is 0.777. The molecule has 0 unspecified atom stereocenters. The van der Waals surface area contributed by atoms with Gasteiger partial charge in [0.05, 0.1) is 19.1 Å². The van der Waals surface area contributed by atoms with E-state index in [1.165, 1.54) is 18.3 Å². The SMILES string of the molecule is COc1cc(F)cc2nc([C@@H]3c4nc[nH]c4CCN3C(=O)c3ocnc3C(F)F)oc12. The molecule has 1 amide bonds. The Hall–Kier alpha value is -3.83. The molecule has 1 atom stereocenters. The fourth-order valence-corrected chi connectivity index (χ4v) is 3.70. The number of hydrogen-bond donors (Lipinski definition) is 1. The summed E-state index contributed by atoms with van der Waals surface area (Å²) in [6.07, 6.45) is -0.346. The van der Waals surface area contributed by atoms with E-state index in [0.29, 0.717) is 12.1 Å². The first kappa shape index (κ1) is 19.2. The van der Waals surface area contributed by atoms with E-state index >= 15 is 0 Å². The highest BCUT2D eigenvalue weighted by Gasteiger charge is 2.40. The highest BCUT2D eigenvalue weighted by Crippen LogP contribution is 2.38. The predicted molar refractivity (Wildman–Crippen MR) is 97.2 cm³/mol. The normalized spacial score (nSPS) is 16.2. The van der Waals surface area contributed by atoms with Crippen molar-refractivity contribution in [2.45, 2.75) is 18.9 Å². The van der Waals surface area contributed by atoms with Crippen LogP contribution in [0.2, 0.25) is 0 Å². The first-order chi connectivity index (χ1) is 15.0. The van der Waals surface area contributed by atoms with E-state index in [1.807, 2.05) is 0 Å². The van der Waals surface area contributed by atoms with Crippen molar-refractivity contribution < 1.29 is 31.5 Å². The quantitative estimate of drug-likeness (QED) is 0.525. The van der Waals surface area contributed by atoms with Gasteiger partial charge in [-0.05, 0) is 0 Å². The van der Waals surface area contributed by atoms with Gasteiger partial charge in [0.25, 0.3) is 12.3 Å². The summed E-state index contributed by atoms with van der Waals surface area (Å²) >= 11 is 0. The summed E-state index contributed by atoms with van der Waals surface area (Å²) in [6, 6.07) is 1.35. The van der Waals surface area contributed by atoms with Crippen molar-refractivity contribution in [1.29, 1.82) is 0 Å². The van der Waals surface area contributed by atoms with Gasteiger partial charge in [-0.1, -0.05) is 0 Å². The molecule has 0 aliphatic carbocycles. The zero-order valence-corrected chi connectivity index (χ0v) is 15.9. The number of aromatic nitrogens is 4. The third kappa shape index (κ3) is 3.02. The zero-order valence-electron chi connectivity index (χ0n) is 15.9. The molecule has 4 aromatic rings. The molecule has 1 aliphatic heterocycles. The van der Waals surface area contributed by atoms with Gasteiger partial charge in [0.15, 0.2) is 29.5 Å². The summed E-state index contributed by atoms with van der Waals surface area (Å²) in [5.74, 6) is -1.81. The molecule has 0 fully saturated rings. The second kappa shape index (κ2) is 7.15. The molecule has 3 aromatic heterocycles. The minimum atomic E-state index is -2.99. The summed E-state index contributed by atoms with van der Waals surface area (Å²) in [4.78, 5) is 29.5. The van der Waals surface area contributed by atoms with Gasteiger partial charge < -0.3 is 23.5 Å². The summed E-state index contributed by atoms with van der Waals surface area (Å²) in [5, 5.41) is 0. The molecule has 5 rings (SSSR count). The summed E-state index contributed by atoms with van der Waals surface area (Å²) < 4.78 is 56.4. The molecule has 0 radical (unpaired) electrons. The maximum Gasteiger partial charge on any atom is 0.292 e. The second-order valence-electron chi connectivity index (χ2n) is 6.79. The molecular formula is C19H14F3N5O4. The molecule has 160 valence electrons. The Balaban J connectivity index is 1.64. The monoisotopic (exact) mass is 433 g/mol. The Bertz CT molecular complexity index is 1280. The number of benzene rings is 1. The molecule has 0 saturated heterocycles. The lowest BCUT2D eigenvalue weighted by Crippen LogP contribution is -2.41. The Morgan fingerprint density at radius 1 is 1.35 bits per heavy atom. The smallest absolute Gasteiger partial charge is 0.292 e. The van der Waals surface area contributed by atoms with Crippen LogP contribution in [0, 0.1) is 5.82 Å². The van der Waals surface area contributed by atoms with Crippen LogP contribution < -0.4 is 4.74 Å². The maximum atomic E-state index is 13.9. The molecule has 9 nitrogen and oxygen atoms in total. The lowest BCUT2D eigenvalue weighted by atomic mass is 10.0. The Morgan fingerprint density at radius 2 is 2.19 bits per heavy atom. The van der Waals surface area contributed by atoms with Gasteiger partial charge >= 0.3 is 0 Å². The van der Waals surface area contributed by atoms with Crippen LogP contribution in [0.25, 0.3) is 11.1 Å². The number of carbonyl (C=O) groups excluding carboxylic acids is 1. The van der Waals surface area contributed by atoms with Crippen LogP contribution in [-0.4, -0.2) is 44.4 Å². The molecule has 4 heterocycles. The third-order valence-corrected chi connectivity index (χ3v) is 5.07. The minimum Gasteiger partial charge on any atom is -0.493 e. The van der Waals surface area contributed by atoms with Gasteiger partial charge in [-0.25, -0.2) is 28.1 Å². The number of amides is 1. The number of alkyl halides is 2. The van der Waals surface area contributed by atoms with Crippen molar-refractivity contribution in [1.82, 2.24) is 24.8 Å². The van der Waals surface area contributed by atoms with Crippen molar-refractivity contribution >= 4 is 17.0 Å². The van der Waals surface area contributed by atoms with Gasteiger partial charge in [0, 0.05) is 30.8 Å². The number of halogens is 3. The van der Waals surface area contributed by atoms with Gasteiger partial charge in [-0.2, -0.15) is 0 Å². The standard InChI is InChI=1S/C19H14F3N5O4/c1-29-11-5-8(20)4-10-15(11)31-18(26-10)14-12-9(23-6-24-12)2-3-27(14)19(28)16-13(17(21)22)25-7-30-16/h4-7,14,17H,2-3H2,1H3,(H,23,24)/t14-/m0/s1. The van der Waals surface area contributed by atoms with E-state index in [0.717, 1.165) is 24.2 Å². The van der Waals surface area contributed by atoms with E-state index in [2.05, 4.69) is 19.9 Å². The van der Waals surface area contributed by atoms with Crippen molar-refractivity contribution in [2.24, 2.45) is 0 Å². The molecule has 0 bridgehead atoms. The Labute approximate surface area is 171 Å². The molecule has 12 heteroatoms. The number of nitrogens with one attached hydrogen (secondary N) is 1. The van der Waals surface area contributed by atoms with Crippen LogP contribution in [-0.2, 0) is 6.42 Å². The first-order valence-corrected chi connectivity index (χ1v) is 9.16. The first-order valence-electron chi connectivity index (χ1n) is 9.16. The number of ether oxygens (including phenoxy) is 1. The van der Waals surface area contributed by atoms with Crippen LogP contribution in [0.5, 0.6) is 5.75 Å². The van der Waals surface area contributed by atoms with Gasteiger partial charge in [0.1, 0.15) is 11.3 Å². The number of nitrogens with zero attached hydrogens (tertiary/aromatic N) is 4. The molecule has 1 aliphatic rings. The number of methoxy groups -OCH3 is 1. The van der Waals surface area contributed by atoms with Crippen LogP contribution in [0.4, 0.5) is 13.2 Å². The number of hydrogen-bond acceptors (Lipinski definition) is 7.